The molecule has 3 rings (SSSR count). The number of nitrogens with one attached hydrogen (secondary N) is 1. The zero-order valence-corrected chi connectivity index (χ0v) is 21.9. The van der Waals surface area contributed by atoms with Gasteiger partial charge in [0.05, 0.1) is 11.7 Å². The Morgan fingerprint density at radius 3 is 2.71 bits per heavy atom. The van der Waals surface area contributed by atoms with Gasteiger partial charge in [-0.1, -0.05) is 5.16 Å². The monoisotopic (exact) mass is 524 g/mol. The fourth-order valence-corrected chi connectivity index (χ4v) is 4.84. The van der Waals surface area contributed by atoms with Crippen LogP contribution in [-0.2, 0) is 24.0 Å². The Balaban J connectivity index is 0.00000408. The standard InChI is InChI=1S/C17H19FN6O7S2.Na/c1-23(2)17(29)30-3-7-4-32-14-10(13(26)24(14)11(7)15(27)28)21-12(25)9(22-31-6-18)8-5-33-16(19)20-8;/h5,10,14H,3-4,6H2,1-2H3,(H2,19,20)(H,21,25)(H,27,28);/q;+1/p-1/b22-9-;/t10?,14-;/m0./s1. The van der Waals surface area contributed by atoms with Crippen LogP contribution in [0.4, 0.5) is 14.3 Å². The second-order valence-electron chi connectivity index (χ2n) is 6.80. The number of carbonyl (C=O) groups is 4. The summed E-state index contributed by atoms with van der Waals surface area (Å²) in [6.45, 7) is -1.64. The molecule has 0 aliphatic carbocycles. The number of carboxylic acids is 1. The SMILES string of the molecule is CN(C)C(=O)OCC1=C(C(=O)[O-])N2C(=O)C(NC(=O)/C(=N\OCF)c3csc(N)n3)[C@@H]2SC1.[Na+]. The first-order valence-corrected chi connectivity index (χ1v) is 11.1. The number of carbonyl (C=O) groups excluding carboxylic acids is 4. The number of thiazole rings is 1. The molecule has 34 heavy (non-hydrogen) atoms. The van der Waals surface area contributed by atoms with E-state index in [0.29, 0.717) is 0 Å². The van der Waals surface area contributed by atoms with Gasteiger partial charge in [-0.15, -0.1) is 23.1 Å². The normalized spacial score (nSPS) is 19.4. The van der Waals surface area contributed by atoms with Crippen LogP contribution in [0.1, 0.15) is 5.69 Å². The van der Waals surface area contributed by atoms with Crippen LogP contribution >= 0.6 is 23.1 Å². The van der Waals surface area contributed by atoms with Crippen LogP contribution < -0.4 is 45.7 Å². The molecular weight excluding hydrogens is 506 g/mol. The Kier molecular flexibility index (Phi) is 9.69. The summed E-state index contributed by atoms with van der Waals surface area (Å²) >= 11 is 2.17. The van der Waals surface area contributed by atoms with E-state index in [1.54, 1.807) is 0 Å². The number of ether oxygens (including phenoxy) is 1. The van der Waals surface area contributed by atoms with Crippen molar-refractivity contribution in [1.29, 1.82) is 0 Å². The van der Waals surface area contributed by atoms with Crippen molar-refractivity contribution in [3.05, 3.63) is 22.3 Å². The molecule has 0 bridgehead atoms. The van der Waals surface area contributed by atoms with Crippen molar-refractivity contribution < 1.29 is 67.8 Å². The second kappa shape index (κ2) is 11.8. The average Bonchev–Trinajstić information content (AvgIpc) is 3.20. The number of rotatable bonds is 8. The topological polar surface area (TPSA) is 180 Å². The van der Waals surface area contributed by atoms with Crippen LogP contribution in [0.15, 0.2) is 21.8 Å². The van der Waals surface area contributed by atoms with Crippen molar-refractivity contribution in [3.63, 3.8) is 0 Å². The number of amides is 3. The number of anilines is 1. The minimum Gasteiger partial charge on any atom is -0.543 e. The molecule has 2 atom stereocenters. The van der Waals surface area contributed by atoms with Gasteiger partial charge in [0.25, 0.3) is 18.7 Å². The third-order valence-electron chi connectivity index (χ3n) is 4.45. The second-order valence-corrected chi connectivity index (χ2v) is 8.79. The molecule has 0 radical (unpaired) electrons. The molecule has 1 aromatic rings. The molecule has 17 heteroatoms. The molecular formula is C17H18FN6NaO7S2. The maximum atomic E-state index is 12.7. The van der Waals surface area contributed by atoms with Crippen molar-refractivity contribution in [2.45, 2.75) is 11.4 Å². The van der Waals surface area contributed by atoms with E-state index in [4.69, 9.17) is 10.5 Å². The minimum absolute atomic E-state index is 0. The molecule has 1 fully saturated rings. The number of halogens is 1. The molecule has 13 nitrogen and oxygen atoms in total. The van der Waals surface area contributed by atoms with Crippen LogP contribution in [0.25, 0.3) is 0 Å². The first-order chi connectivity index (χ1) is 15.6. The third-order valence-corrected chi connectivity index (χ3v) is 6.46. The van der Waals surface area contributed by atoms with E-state index < -0.39 is 53.6 Å². The van der Waals surface area contributed by atoms with Crippen molar-refractivity contribution in [1.82, 2.24) is 20.1 Å². The summed E-state index contributed by atoms with van der Waals surface area (Å²) in [5, 5.41) is 18.3. The Hall–Kier alpha value is -2.40. The smallest absolute Gasteiger partial charge is 0.543 e. The summed E-state index contributed by atoms with van der Waals surface area (Å²) < 4.78 is 17.4. The van der Waals surface area contributed by atoms with Crippen molar-refractivity contribution >= 4 is 57.8 Å². The fraction of sp³-hybridized carbons (Fsp3) is 0.412. The fourth-order valence-electron chi connectivity index (χ4n) is 2.96. The van der Waals surface area contributed by atoms with Crippen molar-refractivity contribution in [2.75, 3.05) is 39.0 Å². The van der Waals surface area contributed by atoms with E-state index in [2.05, 4.69) is 20.3 Å². The molecule has 3 amide bonds. The quantitative estimate of drug-likeness (QED) is 0.146. The van der Waals surface area contributed by atoms with Crippen molar-refractivity contribution in [2.24, 2.45) is 5.16 Å². The number of oxime groups is 1. The summed E-state index contributed by atoms with van der Waals surface area (Å²) in [7, 11) is 2.93. The molecule has 1 unspecified atom stereocenters. The number of alkyl halides is 1. The maximum absolute atomic E-state index is 12.7. The van der Waals surface area contributed by atoms with E-state index in [0.717, 1.165) is 28.0 Å². The predicted molar refractivity (Wildman–Crippen MR) is 112 cm³/mol. The summed E-state index contributed by atoms with van der Waals surface area (Å²) in [4.78, 5) is 59.1. The van der Waals surface area contributed by atoms with Gasteiger partial charge in [0.2, 0.25) is 0 Å². The molecule has 1 saturated heterocycles. The summed E-state index contributed by atoms with van der Waals surface area (Å²) in [6, 6.07) is -1.10. The number of nitrogens with zero attached hydrogens (tertiary/aromatic N) is 4. The number of β-lactam (4-membered cyclic amide) rings is 1. The van der Waals surface area contributed by atoms with Crippen LogP contribution in [0.3, 0.4) is 0 Å². The van der Waals surface area contributed by atoms with E-state index in [9.17, 15) is 28.7 Å². The molecule has 0 saturated carbocycles. The number of carboxylic acid groups (broad SMARTS) is 1. The molecule has 2 aliphatic heterocycles. The Morgan fingerprint density at radius 2 is 2.15 bits per heavy atom. The van der Waals surface area contributed by atoms with Gasteiger partial charge in [-0.05, 0) is 0 Å². The van der Waals surface area contributed by atoms with Gasteiger partial charge in [0.1, 0.15) is 23.7 Å². The van der Waals surface area contributed by atoms with Gasteiger partial charge in [0, 0.05) is 30.8 Å². The molecule has 178 valence electrons. The number of nitrogens with two attached hydrogens (primary N) is 1. The minimum atomic E-state index is -1.62. The van der Waals surface area contributed by atoms with Gasteiger partial charge in [-0.3, -0.25) is 14.5 Å². The first-order valence-electron chi connectivity index (χ1n) is 9.16. The molecule has 0 spiro atoms. The van der Waals surface area contributed by atoms with E-state index in [-0.39, 0.29) is 58.3 Å². The zero-order chi connectivity index (χ0) is 24.3. The summed E-state index contributed by atoms with van der Waals surface area (Å²) in [5.74, 6) is -3.12. The van der Waals surface area contributed by atoms with Crippen molar-refractivity contribution in [3.8, 4) is 0 Å². The number of fused-ring (bicyclic) bond motifs is 1. The molecule has 3 heterocycles. The Labute approximate surface area is 222 Å². The van der Waals surface area contributed by atoms with Gasteiger partial charge < -0.3 is 35.4 Å². The number of thioether (sulfide) groups is 1. The zero-order valence-electron chi connectivity index (χ0n) is 18.3. The molecule has 3 N–H and O–H groups in total. The number of aromatic nitrogens is 1. The van der Waals surface area contributed by atoms with Gasteiger partial charge in [0.15, 0.2) is 10.8 Å². The van der Waals surface area contributed by atoms with Crippen LogP contribution in [0.2, 0.25) is 0 Å². The maximum Gasteiger partial charge on any atom is 1.00 e. The number of hydrogen-bond donors (Lipinski definition) is 2. The summed E-state index contributed by atoms with van der Waals surface area (Å²) in [6.07, 6.45) is -0.683. The van der Waals surface area contributed by atoms with Crippen LogP contribution in [0, 0.1) is 0 Å². The van der Waals surface area contributed by atoms with Crippen LogP contribution in [-0.4, -0.2) is 89.1 Å². The Morgan fingerprint density at radius 1 is 1.44 bits per heavy atom. The average molecular weight is 524 g/mol. The van der Waals surface area contributed by atoms with E-state index in [1.165, 1.54) is 24.4 Å². The van der Waals surface area contributed by atoms with E-state index >= 15 is 0 Å². The van der Waals surface area contributed by atoms with Gasteiger partial charge in [-0.25, -0.2) is 14.2 Å². The number of nitrogen functional groups attached to an aromatic ring is 1. The molecule has 1 aromatic heterocycles. The van der Waals surface area contributed by atoms with Crippen LogP contribution in [0.5, 0.6) is 0 Å². The largest absolute Gasteiger partial charge is 1.00 e. The predicted octanol–water partition coefficient (Wildman–Crippen LogP) is -4.52. The van der Waals surface area contributed by atoms with Gasteiger partial charge in [-0.2, -0.15) is 0 Å². The molecule has 0 aromatic carbocycles. The molecule has 2 aliphatic rings. The number of aliphatic carboxylic acids is 1. The van der Waals surface area contributed by atoms with Gasteiger partial charge >= 0.3 is 35.7 Å². The third kappa shape index (κ3) is 5.80. The first kappa shape index (κ1) is 27.8. The number of hydrogen-bond acceptors (Lipinski definition) is 12. The Bertz CT molecular complexity index is 1050. The van der Waals surface area contributed by atoms with E-state index in [1.807, 2.05) is 0 Å². The summed E-state index contributed by atoms with van der Waals surface area (Å²) in [5.41, 5.74) is 4.93.